The topological polar surface area (TPSA) is 70.5 Å². The highest BCUT2D eigenvalue weighted by Crippen LogP contribution is 2.38. The second-order valence-electron chi connectivity index (χ2n) is 10.2. The first-order valence-corrected chi connectivity index (χ1v) is 14.1. The summed E-state index contributed by atoms with van der Waals surface area (Å²) >= 11 is 0. The third-order valence-corrected chi connectivity index (χ3v) is 8.62. The number of fused-ring (bicyclic) bond motifs is 1. The van der Waals surface area contributed by atoms with Gasteiger partial charge in [0.2, 0.25) is 5.69 Å². The SMILES string of the molecule is [C-]#[N+]c1cc(Oc2c(F)cc3c(ccn3S(=O)(=O)c3ccccc3)c2Cn2cc(C(C)(C)CC=C)cn2)ccc1F. The Morgan fingerprint density at radius 2 is 1.85 bits per heavy atom. The van der Waals surface area contributed by atoms with Gasteiger partial charge in [-0.15, -0.1) is 6.58 Å². The predicted molar refractivity (Wildman–Crippen MR) is 153 cm³/mol. The summed E-state index contributed by atoms with van der Waals surface area (Å²) in [6.45, 7) is 15.2. The number of hydrogen-bond acceptors (Lipinski definition) is 4. The molecule has 0 saturated heterocycles. The van der Waals surface area contributed by atoms with Crippen LogP contribution in [-0.2, 0) is 22.0 Å². The van der Waals surface area contributed by atoms with E-state index in [2.05, 4.69) is 30.4 Å². The van der Waals surface area contributed by atoms with E-state index in [1.54, 1.807) is 35.1 Å². The standard InChI is InChI=1S/C31H26F2N4O3S/c1-5-14-31(2,3)21-18-35-36(19-21)20-25-24-13-15-37(41(38,39)23-9-7-6-8-10-23)29(24)17-27(33)30(25)40-22-11-12-26(32)28(16-22)34-4/h5-13,15-19H,1,14,20H2,2-3H3. The Hall–Kier alpha value is -4.75. The number of hydrogen-bond donors (Lipinski definition) is 0. The van der Waals surface area contributed by atoms with E-state index in [0.29, 0.717) is 17.4 Å². The van der Waals surface area contributed by atoms with Gasteiger partial charge in [0.05, 0.1) is 29.7 Å². The molecule has 0 aliphatic carbocycles. The van der Waals surface area contributed by atoms with Crippen LogP contribution in [0.2, 0.25) is 0 Å². The molecule has 0 radical (unpaired) electrons. The molecule has 0 fully saturated rings. The quantitative estimate of drug-likeness (QED) is 0.135. The molecule has 0 amide bonds. The van der Waals surface area contributed by atoms with Crippen LogP contribution >= 0.6 is 0 Å². The second kappa shape index (κ2) is 10.7. The lowest BCUT2D eigenvalue weighted by molar-refractivity contribution is 0.434. The van der Waals surface area contributed by atoms with Gasteiger partial charge in [-0.2, -0.15) is 5.10 Å². The van der Waals surface area contributed by atoms with Crippen molar-refractivity contribution in [1.82, 2.24) is 13.8 Å². The molecular formula is C31H26F2N4O3S. The average Bonchev–Trinajstić information content (AvgIpc) is 3.60. The van der Waals surface area contributed by atoms with Crippen LogP contribution in [0.1, 0.15) is 31.4 Å². The van der Waals surface area contributed by atoms with Gasteiger partial charge in [-0.3, -0.25) is 4.68 Å². The monoisotopic (exact) mass is 572 g/mol. The van der Waals surface area contributed by atoms with Gasteiger partial charge in [0.1, 0.15) is 11.6 Å². The van der Waals surface area contributed by atoms with Gasteiger partial charge < -0.3 is 4.74 Å². The summed E-state index contributed by atoms with van der Waals surface area (Å²) in [4.78, 5) is 3.20. The fourth-order valence-corrected chi connectivity index (χ4v) is 6.02. The molecule has 7 nitrogen and oxygen atoms in total. The number of benzene rings is 3. The van der Waals surface area contributed by atoms with Gasteiger partial charge in [-0.25, -0.2) is 26.0 Å². The van der Waals surface area contributed by atoms with Crippen LogP contribution < -0.4 is 4.74 Å². The van der Waals surface area contributed by atoms with Crippen LogP contribution in [0, 0.1) is 18.2 Å². The molecule has 0 unspecified atom stereocenters. The van der Waals surface area contributed by atoms with E-state index in [1.165, 1.54) is 30.5 Å². The van der Waals surface area contributed by atoms with Gasteiger partial charge >= 0.3 is 0 Å². The first-order chi connectivity index (χ1) is 19.5. The first-order valence-electron chi connectivity index (χ1n) is 12.7. The first kappa shape index (κ1) is 27.8. The van der Waals surface area contributed by atoms with Gasteiger partial charge in [-0.1, -0.05) is 38.1 Å². The lowest BCUT2D eigenvalue weighted by Crippen LogP contribution is -2.15. The van der Waals surface area contributed by atoms with E-state index in [9.17, 15) is 12.8 Å². The van der Waals surface area contributed by atoms with Crippen molar-refractivity contribution in [3.8, 4) is 11.5 Å². The molecule has 0 spiro atoms. The summed E-state index contributed by atoms with van der Waals surface area (Å²) in [6, 6.07) is 14.1. The molecule has 0 saturated carbocycles. The van der Waals surface area contributed by atoms with E-state index in [-0.39, 0.29) is 39.6 Å². The van der Waals surface area contributed by atoms with Crippen molar-refractivity contribution in [2.45, 2.75) is 37.1 Å². The van der Waals surface area contributed by atoms with E-state index in [0.717, 1.165) is 21.7 Å². The highest BCUT2D eigenvalue weighted by atomic mass is 32.2. The summed E-state index contributed by atoms with van der Waals surface area (Å²) in [7, 11) is -4.03. The van der Waals surface area contributed by atoms with E-state index in [1.807, 2.05) is 12.3 Å². The van der Waals surface area contributed by atoms with Crippen molar-refractivity contribution in [3.63, 3.8) is 0 Å². The van der Waals surface area contributed by atoms with Gasteiger partial charge in [0.25, 0.3) is 10.0 Å². The molecule has 2 aromatic heterocycles. The maximum Gasteiger partial charge on any atom is 0.268 e. The van der Waals surface area contributed by atoms with Crippen molar-refractivity contribution in [2.75, 3.05) is 0 Å². The fraction of sp³-hybridized carbons (Fsp3) is 0.161. The van der Waals surface area contributed by atoms with Gasteiger partial charge in [0, 0.05) is 29.4 Å². The van der Waals surface area contributed by atoms with Gasteiger partial charge in [0.15, 0.2) is 11.6 Å². The van der Waals surface area contributed by atoms with Crippen molar-refractivity contribution in [1.29, 1.82) is 0 Å². The summed E-state index contributed by atoms with van der Waals surface area (Å²) in [6.07, 6.45) is 7.49. The van der Waals surface area contributed by atoms with Crippen LogP contribution in [0.4, 0.5) is 14.5 Å². The zero-order valence-corrected chi connectivity index (χ0v) is 23.2. The molecule has 0 aliphatic heterocycles. The summed E-state index contributed by atoms with van der Waals surface area (Å²) < 4.78 is 65.3. The molecule has 0 aliphatic rings. The molecule has 0 N–H and O–H groups in total. The van der Waals surface area contributed by atoms with Crippen molar-refractivity contribution in [3.05, 3.63) is 126 Å². The van der Waals surface area contributed by atoms with E-state index >= 15 is 4.39 Å². The van der Waals surface area contributed by atoms with Crippen molar-refractivity contribution < 1.29 is 21.9 Å². The largest absolute Gasteiger partial charge is 0.455 e. The third kappa shape index (κ3) is 5.24. The Kier molecular flexibility index (Phi) is 7.24. The molecule has 41 heavy (non-hydrogen) atoms. The Morgan fingerprint density at radius 3 is 2.56 bits per heavy atom. The number of allylic oxidation sites excluding steroid dienone is 1. The lowest BCUT2D eigenvalue weighted by Gasteiger charge is -2.20. The smallest absolute Gasteiger partial charge is 0.268 e. The zero-order chi connectivity index (χ0) is 29.4. The number of nitrogens with zero attached hydrogens (tertiary/aromatic N) is 4. The summed E-state index contributed by atoms with van der Waals surface area (Å²) in [5.41, 5.74) is 0.873. The molecular weight excluding hydrogens is 546 g/mol. The molecule has 2 heterocycles. The second-order valence-corrected chi connectivity index (χ2v) is 12.0. The molecule has 0 atom stereocenters. The maximum atomic E-state index is 15.9. The number of ether oxygens (including phenoxy) is 1. The van der Waals surface area contributed by atoms with Crippen molar-refractivity contribution in [2.24, 2.45) is 0 Å². The predicted octanol–water partition coefficient (Wildman–Crippen LogP) is 7.60. The summed E-state index contributed by atoms with van der Waals surface area (Å²) in [5.74, 6) is -1.68. The Balaban J connectivity index is 1.67. The lowest BCUT2D eigenvalue weighted by atomic mass is 9.84. The minimum Gasteiger partial charge on any atom is -0.455 e. The minimum atomic E-state index is -4.03. The number of halogens is 2. The average molecular weight is 573 g/mol. The highest BCUT2D eigenvalue weighted by Gasteiger charge is 2.26. The van der Waals surface area contributed by atoms with Crippen LogP contribution in [0.15, 0.2) is 96.8 Å². The molecule has 10 heteroatoms. The van der Waals surface area contributed by atoms with E-state index in [4.69, 9.17) is 11.3 Å². The molecule has 3 aromatic carbocycles. The van der Waals surface area contributed by atoms with Crippen LogP contribution in [0.25, 0.3) is 15.7 Å². The molecule has 0 bridgehead atoms. The van der Waals surface area contributed by atoms with Crippen molar-refractivity contribution >= 4 is 26.6 Å². The molecule has 5 rings (SSSR count). The normalized spacial score (nSPS) is 11.9. The minimum absolute atomic E-state index is 0.0417. The fourth-order valence-electron chi connectivity index (χ4n) is 4.66. The van der Waals surface area contributed by atoms with Crippen LogP contribution in [0.5, 0.6) is 11.5 Å². The highest BCUT2D eigenvalue weighted by molar-refractivity contribution is 7.90. The van der Waals surface area contributed by atoms with Crippen LogP contribution in [0.3, 0.4) is 0 Å². The maximum absolute atomic E-state index is 15.9. The molecule has 208 valence electrons. The van der Waals surface area contributed by atoms with E-state index < -0.39 is 21.7 Å². The Morgan fingerprint density at radius 1 is 1.10 bits per heavy atom. The Labute approximate surface area is 236 Å². The summed E-state index contributed by atoms with van der Waals surface area (Å²) in [5, 5.41) is 4.90. The van der Waals surface area contributed by atoms with Crippen LogP contribution in [-0.4, -0.2) is 22.2 Å². The Bertz CT molecular complexity index is 1920. The number of rotatable bonds is 9. The zero-order valence-electron chi connectivity index (χ0n) is 22.4. The molecule has 5 aromatic rings. The van der Waals surface area contributed by atoms with Gasteiger partial charge in [-0.05, 0) is 53.8 Å². The number of aromatic nitrogens is 3. The third-order valence-electron chi connectivity index (χ3n) is 6.92.